The molecule has 0 unspecified atom stereocenters. The highest BCUT2D eigenvalue weighted by atomic mass is 79.9. The lowest BCUT2D eigenvalue weighted by Crippen LogP contribution is -2.23. The van der Waals surface area contributed by atoms with Crippen molar-refractivity contribution in [3.8, 4) is 17.2 Å². The van der Waals surface area contributed by atoms with Crippen LogP contribution in [0.4, 0.5) is 13.2 Å². The van der Waals surface area contributed by atoms with E-state index in [1.54, 1.807) is 6.07 Å². The maximum absolute atomic E-state index is 12.4. The predicted molar refractivity (Wildman–Crippen MR) is 91.5 cm³/mol. The fourth-order valence-corrected chi connectivity index (χ4v) is 2.75. The number of benzene rings is 2. The predicted octanol–water partition coefficient (Wildman–Crippen LogP) is 4.29. The zero-order chi connectivity index (χ0) is 19.3. The van der Waals surface area contributed by atoms with Crippen LogP contribution >= 0.6 is 15.9 Å². The first-order chi connectivity index (χ1) is 12.2. The molecule has 2 rings (SSSR count). The van der Waals surface area contributed by atoms with Crippen LogP contribution < -0.4 is 19.5 Å². The summed E-state index contributed by atoms with van der Waals surface area (Å²) in [4.78, 5) is 12.4. The van der Waals surface area contributed by atoms with Gasteiger partial charge in [0.15, 0.2) is 0 Å². The van der Waals surface area contributed by atoms with E-state index in [4.69, 9.17) is 9.47 Å². The molecule has 0 aliphatic rings. The Bertz CT molecular complexity index is 779. The van der Waals surface area contributed by atoms with Crippen LogP contribution in [-0.2, 0) is 6.54 Å². The van der Waals surface area contributed by atoms with Crippen LogP contribution in [0.3, 0.4) is 0 Å². The van der Waals surface area contributed by atoms with Crippen molar-refractivity contribution in [2.45, 2.75) is 12.9 Å². The maximum Gasteiger partial charge on any atom is 0.573 e. The second-order valence-electron chi connectivity index (χ2n) is 5.06. The Hall–Kier alpha value is -2.42. The number of rotatable bonds is 6. The minimum absolute atomic E-state index is 0.114. The Kier molecular flexibility index (Phi) is 6.36. The molecule has 26 heavy (non-hydrogen) atoms. The fraction of sp³-hybridized carbons (Fsp3) is 0.235. The van der Waals surface area contributed by atoms with Gasteiger partial charge in [-0.25, -0.2) is 0 Å². The van der Waals surface area contributed by atoms with Gasteiger partial charge in [0, 0.05) is 6.54 Å². The minimum atomic E-state index is -4.74. The number of halogens is 4. The Morgan fingerprint density at radius 2 is 1.73 bits per heavy atom. The third-order valence-corrected chi connectivity index (χ3v) is 3.90. The number of carbonyl (C=O) groups is 1. The molecule has 0 radical (unpaired) electrons. The van der Waals surface area contributed by atoms with Gasteiger partial charge in [-0.3, -0.25) is 4.79 Å². The number of alkyl halides is 3. The molecule has 9 heteroatoms. The van der Waals surface area contributed by atoms with Crippen LogP contribution in [-0.4, -0.2) is 26.5 Å². The van der Waals surface area contributed by atoms with Crippen molar-refractivity contribution >= 4 is 21.8 Å². The van der Waals surface area contributed by atoms with Gasteiger partial charge in [0.05, 0.1) is 24.3 Å². The number of nitrogens with one attached hydrogen (secondary N) is 1. The average molecular weight is 434 g/mol. The van der Waals surface area contributed by atoms with E-state index in [9.17, 15) is 18.0 Å². The molecule has 0 aromatic heterocycles. The van der Waals surface area contributed by atoms with E-state index in [1.165, 1.54) is 44.6 Å². The average Bonchev–Trinajstić information content (AvgIpc) is 2.58. The molecule has 0 heterocycles. The van der Waals surface area contributed by atoms with E-state index in [-0.39, 0.29) is 17.9 Å². The summed E-state index contributed by atoms with van der Waals surface area (Å²) in [7, 11) is 2.91. The van der Waals surface area contributed by atoms with Crippen molar-refractivity contribution in [1.82, 2.24) is 5.32 Å². The van der Waals surface area contributed by atoms with Crippen molar-refractivity contribution in [1.29, 1.82) is 0 Å². The minimum Gasteiger partial charge on any atom is -0.497 e. The quantitative estimate of drug-likeness (QED) is 0.737. The molecule has 0 fully saturated rings. The van der Waals surface area contributed by atoms with Crippen LogP contribution in [0.2, 0.25) is 0 Å². The molecule has 0 saturated heterocycles. The van der Waals surface area contributed by atoms with Crippen LogP contribution in [0.25, 0.3) is 0 Å². The second-order valence-corrected chi connectivity index (χ2v) is 5.92. The summed E-state index contributed by atoms with van der Waals surface area (Å²) in [5.74, 6) is 0.0664. The zero-order valence-electron chi connectivity index (χ0n) is 13.8. The van der Waals surface area contributed by atoms with E-state index < -0.39 is 12.3 Å². The molecular formula is C17H15BrF3NO4. The lowest BCUT2D eigenvalue weighted by molar-refractivity contribution is -0.274. The van der Waals surface area contributed by atoms with Gasteiger partial charge >= 0.3 is 6.36 Å². The molecule has 0 aliphatic heterocycles. The van der Waals surface area contributed by atoms with Gasteiger partial charge in [-0.2, -0.15) is 0 Å². The van der Waals surface area contributed by atoms with Crippen molar-refractivity contribution in [2.75, 3.05) is 14.2 Å². The first-order valence-electron chi connectivity index (χ1n) is 7.28. The van der Waals surface area contributed by atoms with Crippen molar-refractivity contribution in [3.05, 3.63) is 52.0 Å². The number of carbonyl (C=O) groups excluding carboxylic acids is 1. The van der Waals surface area contributed by atoms with Gasteiger partial charge in [-0.1, -0.05) is 12.1 Å². The Morgan fingerprint density at radius 1 is 1.08 bits per heavy atom. The number of ether oxygens (including phenoxy) is 3. The topological polar surface area (TPSA) is 56.8 Å². The van der Waals surface area contributed by atoms with Crippen LogP contribution in [0.1, 0.15) is 15.9 Å². The van der Waals surface area contributed by atoms with Crippen LogP contribution in [0.15, 0.2) is 40.9 Å². The van der Waals surface area contributed by atoms with Gasteiger partial charge < -0.3 is 19.5 Å². The van der Waals surface area contributed by atoms with Gasteiger partial charge in [-0.05, 0) is 45.8 Å². The van der Waals surface area contributed by atoms with Gasteiger partial charge in [0.2, 0.25) is 0 Å². The normalized spacial score (nSPS) is 11.0. The SMILES string of the molecule is COc1cc(Br)c(OC)c(C(=O)NCc2ccc(OC(F)(F)F)cc2)c1. The molecule has 2 aromatic rings. The van der Waals surface area contributed by atoms with Crippen molar-refractivity contribution in [3.63, 3.8) is 0 Å². The number of hydrogen-bond acceptors (Lipinski definition) is 4. The van der Waals surface area contributed by atoms with Crippen LogP contribution in [0.5, 0.6) is 17.2 Å². The fourth-order valence-electron chi connectivity index (χ4n) is 2.15. The second kappa shape index (κ2) is 8.31. The molecule has 1 N–H and O–H groups in total. The Morgan fingerprint density at radius 3 is 2.27 bits per heavy atom. The molecule has 2 aromatic carbocycles. The Labute approximate surface area is 156 Å². The Balaban J connectivity index is 2.08. The lowest BCUT2D eigenvalue weighted by atomic mass is 10.1. The van der Waals surface area contributed by atoms with E-state index in [0.29, 0.717) is 21.5 Å². The van der Waals surface area contributed by atoms with Gasteiger partial charge in [0.1, 0.15) is 17.2 Å². The first-order valence-corrected chi connectivity index (χ1v) is 8.07. The highest BCUT2D eigenvalue weighted by molar-refractivity contribution is 9.10. The highest BCUT2D eigenvalue weighted by Crippen LogP contribution is 2.33. The summed E-state index contributed by atoms with van der Waals surface area (Å²) in [5, 5.41) is 2.68. The number of methoxy groups -OCH3 is 2. The van der Waals surface area contributed by atoms with E-state index >= 15 is 0 Å². The van der Waals surface area contributed by atoms with Gasteiger partial charge in [-0.15, -0.1) is 13.2 Å². The van der Waals surface area contributed by atoms with E-state index in [1.807, 2.05) is 0 Å². The molecule has 1 amide bonds. The molecule has 5 nitrogen and oxygen atoms in total. The standard InChI is InChI=1S/C17H15BrF3NO4/c1-24-12-7-13(15(25-2)14(18)8-12)16(23)22-9-10-3-5-11(6-4-10)26-17(19,20)21/h3-8H,9H2,1-2H3,(H,22,23). The smallest absolute Gasteiger partial charge is 0.497 e. The van der Waals surface area contributed by atoms with Gasteiger partial charge in [0.25, 0.3) is 5.91 Å². The largest absolute Gasteiger partial charge is 0.573 e. The summed E-state index contributed by atoms with van der Waals surface area (Å²) < 4.78 is 51.1. The van der Waals surface area contributed by atoms with Crippen molar-refractivity contribution < 1.29 is 32.2 Å². The lowest BCUT2D eigenvalue weighted by Gasteiger charge is -2.13. The monoisotopic (exact) mass is 433 g/mol. The number of hydrogen-bond donors (Lipinski definition) is 1. The maximum atomic E-state index is 12.4. The molecule has 0 spiro atoms. The van der Waals surface area contributed by atoms with Crippen molar-refractivity contribution in [2.24, 2.45) is 0 Å². The summed E-state index contributed by atoms with van der Waals surface area (Å²) in [6, 6.07) is 8.41. The zero-order valence-corrected chi connectivity index (χ0v) is 15.4. The summed E-state index contributed by atoms with van der Waals surface area (Å²) >= 11 is 3.30. The third kappa shape index (κ3) is 5.29. The molecule has 0 aliphatic carbocycles. The highest BCUT2D eigenvalue weighted by Gasteiger charge is 2.30. The molecular weight excluding hydrogens is 419 g/mol. The summed E-state index contributed by atoms with van der Waals surface area (Å²) in [6.07, 6.45) is -4.74. The molecule has 0 atom stereocenters. The first kappa shape index (κ1) is 19.9. The third-order valence-electron chi connectivity index (χ3n) is 3.31. The summed E-state index contributed by atoms with van der Waals surface area (Å²) in [5.41, 5.74) is 0.865. The number of amides is 1. The molecule has 0 saturated carbocycles. The van der Waals surface area contributed by atoms with E-state index in [2.05, 4.69) is 26.0 Å². The molecule has 140 valence electrons. The van der Waals surface area contributed by atoms with E-state index in [0.717, 1.165) is 0 Å². The van der Waals surface area contributed by atoms with Crippen LogP contribution in [0, 0.1) is 0 Å². The summed E-state index contributed by atoms with van der Waals surface area (Å²) in [6.45, 7) is 0.114. The molecule has 0 bridgehead atoms.